The van der Waals surface area contributed by atoms with Crippen LogP contribution in [0.1, 0.15) is 24.5 Å². The highest BCUT2D eigenvalue weighted by Crippen LogP contribution is 2.21. The molecule has 1 rings (SSSR count). The van der Waals surface area contributed by atoms with Gasteiger partial charge in [0.2, 0.25) is 0 Å². The minimum absolute atomic E-state index is 0.215. The van der Waals surface area contributed by atoms with Crippen molar-refractivity contribution in [2.24, 2.45) is 0 Å². The first-order valence-corrected chi connectivity index (χ1v) is 7.33. The van der Waals surface area contributed by atoms with Crippen LogP contribution in [0, 0.1) is 18.3 Å². The molecule has 0 aliphatic carbocycles. The Labute approximate surface area is 105 Å². The minimum Gasteiger partial charge on any atom is -0.381 e. The summed E-state index contributed by atoms with van der Waals surface area (Å²) in [6, 6.07) is 8.06. The SMILES string of the molecule is Cc1cccc(C#N)c1NC(C)CCS(C)=O. The molecule has 0 saturated heterocycles. The van der Waals surface area contributed by atoms with Crippen LogP contribution in [-0.4, -0.2) is 22.3 Å². The van der Waals surface area contributed by atoms with Crippen LogP contribution in [0.4, 0.5) is 5.69 Å². The number of para-hydroxylation sites is 1. The maximum atomic E-state index is 11.0. The van der Waals surface area contributed by atoms with Gasteiger partial charge in [0, 0.05) is 28.9 Å². The van der Waals surface area contributed by atoms with Crippen LogP contribution in [0.15, 0.2) is 18.2 Å². The Hall–Kier alpha value is -1.34. The fourth-order valence-electron chi connectivity index (χ4n) is 1.61. The predicted molar refractivity (Wildman–Crippen MR) is 72.5 cm³/mol. The Balaban J connectivity index is 2.74. The van der Waals surface area contributed by atoms with E-state index in [0.29, 0.717) is 11.3 Å². The molecule has 2 atom stereocenters. The van der Waals surface area contributed by atoms with Gasteiger partial charge in [0.05, 0.1) is 11.3 Å². The van der Waals surface area contributed by atoms with Crippen LogP contribution in [0.2, 0.25) is 0 Å². The largest absolute Gasteiger partial charge is 0.381 e. The second-order valence-electron chi connectivity index (χ2n) is 4.22. The van der Waals surface area contributed by atoms with E-state index in [-0.39, 0.29) is 6.04 Å². The highest BCUT2D eigenvalue weighted by molar-refractivity contribution is 7.84. The molecular formula is C13H18N2OS. The Morgan fingerprint density at radius 3 is 2.82 bits per heavy atom. The standard InChI is InChI=1S/C13H18N2OS/c1-10-5-4-6-12(9-14)13(10)15-11(2)7-8-17(3)16/h4-6,11,15H,7-8H2,1-3H3. The van der Waals surface area contributed by atoms with Gasteiger partial charge in [-0.3, -0.25) is 4.21 Å². The normalized spacial score (nSPS) is 13.8. The van der Waals surface area contributed by atoms with Crippen molar-refractivity contribution >= 4 is 16.5 Å². The Kier molecular flexibility index (Phi) is 5.17. The Morgan fingerprint density at radius 2 is 2.24 bits per heavy atom. The molecule has 0 saturated carbocycles. The highest BCUT2D eigenvalue weighted by Gasteiger charge is 2.09. The first-order valence-electron chi connectivity index (χ1n) is 5.61. The monoisotopic (exact) mass is 250 g/mol. The molecule has 0 aliphatic heterocycles. The molecule has 1 N–H and O–H groups in total. The number of aryl methyl sites for hydroxylation is 1. The number of nitriles is 1. The van der Waals surface area contributed by atoms with Crippen molar-refractivity contribution in [3.63, 3.8) is 0 Å². The summed E-state index contributed by atoms with van der Waals surface area (Å²) in [5.74, 6) is 0.682. The molecule has 0 aliphatic rings. The van der Waals surface area contributed by atoms with Crippen LogP contribution in [0.3, 0.4) is 0 Å². The molecule has 0 bridgehead atoms. The average molecular weight is 250 g/mol. The van der Waals surface area contributed by atoms with Crippen LogP contribution >= 0.6 is 0 Å². The van der Waals surface area contributed by atoms with E-state index in [4.69, 9.17) is 5.26 Å². The van der Waals surface area contributed by atoms with Crippen LogP contribution in [0.25, 0.3) is 0 Å². The fourth-order valence-corrected chi connectivity index (χ4v) is 2.30. The van der Waals surface area contributed by atoms with Crippen molar-refractivity contribution in [1.82, 2.24) is 0 Å². The lowest BCUT2D eigenvalue weighted by molar-refractivity contribution is 0.678. The molecule has 17 heavy (non-hydrogen) atoms. The van der Waals surface area contributed by atoms with E-state index >= 15 is 0 Å². The Morgan fingerprint density at radius 1 is 1.53 bits per heavy atom. The van der Waals surface area contributed by atoms with Crippen molar-refractivity contribution in [3.05, 3.63) is 29.3 Å². The second-order valence-corrected chi connectivity index (χ2v) is 5.78. The van der Waals surface area contributed by atoms with E-state index in [9.17, 15) is 4.21 Å². The molecule has 0 fully saturated rings. The first kappa shape index (κ1) is 13.7. The van der Waals surface area contributed by atoms with Crippen molar-refractivity contribution in [2.75, 3.05) is 17.3 Å². The number of nitrogens with one attached hydrogen (secondary N) is 1. The molecular weight excluding hydrogens is 232 g/mol. The first-order chi connectivity index (χ1) is 8.04. The number of nitrogens with zero attached hydrogens (tertiary/aromatic N) is 1. The lowest BCUT2D eigenvalue weighted by atomic mass is 10.1. The zero-order valence-corrected chi connectivity index (χ0v) is 11.3. The second kappa shape index (κ2) is 6.41. The highest BCUT2D eigenvalue weighted by atomic mass is 32.2. The topological polar surface area (TPSA) is 52.9 Å². The van der Waals surface area contributed by atoms with E-state index in [2.05, 4.69) is 11.4 Å². The molecule has 1 aromatic rings. The summed E-state index contributed by atoms with van der Waals surface area (Å²) in [6.45, 7) is 4.02. The third-order valence-corrected chi connectivity index (χ3v) is 3.43. The number of hydrogen-bond acceptors (Lipinski definition) is 3. The molecule has 3 nitrogen and oxygen atoms in total. The summed E-state index contributed by atoms with van der Waals surface area (Å²) in [5.41, 5.74) is 2.62. The van der Waals surface area contributed by atoms with Crippen molar-refractivity contribution < 1.29 is 4.21 Å². The lowest BCUT2D eigenvalue weighted by Gasteiger charge is -2.17. The van der Waals surface area contributed by atoms with Crippen LogP contribution in [0.5, 0.6) is 0 Å². The summed E-state index contributed by atoms with van der Waals surface area (Å²) in [4.78, 5) is 0. The molecule has 4 heteroatoms. The molecule has 0 radical (unpaired) electrons. The summed E-state index contributed by atoms with van der Waals surface area (Å²) in [6.07, 6.45) is 2.55. The Bertz CT molecular complexity index is 451. The zero-order chi connectivity index (χ0) is 12.8. The van der Waals surface area contributed by atoms with E-state index in [1.54, 1.807) is 12.3 Å². The smallest absolute Gasteiger partial charge is 0.101 e. The lowest BCUT2D eigenvalue weighted by Crippen LogP contribution is -2.19. The van der Waals surface area contributed by atoms with Crippen molar-refractivity contribution in [1.29, 1.82) is 5.26 Å². The number of rotatable bonds is 5. The van der Waals surface area contributed by atoms with Gasteiger partial charge in [-0.1, -0.05) is 12.1 Å². The van der Waals surface area contributed by atoms with Gasteiger partial charge in [-0.2, -0.15) is 5.26 Å². The molecule has 0 amide bonds. The van der Waals surface area contributed by atoms with Crippen LogP contribution in [-0.2, 0) is 10.8 Å². The van der Waals surface area contributed by atoms with Gasteiger partial charge in [0.15, 0.2) is 0 Å². The molecule has 92 valence electrons. The molecule has 0 aromatic heterocycles. The van der Waals surface area contributed by atoms with Gasteiger partial charge in [0.25, 0.3) is 0 Å². The fraction of sp³-hybridized carbons (Fsp3) is 0.462. The minimum atomic E-state index is -0.762. The number of hydrogen-bond donors (Lipinski definition) is 1. The van der Waals surface area contributed by atoms with Crippen molar-refractivity contribution in [2.45, 2.75) is 26.3 Å². The third kappa shape index (κ3) is 4.20. The van der Waals surface area contributed by atoms with Gasteiger partial charge >= 0.3 is 0 Å². The molecule has 0 heterocycles. The molecule has 1 aromatic carbocycles. The number of benzene rings is 1. The third-order valence-electron chi connectivity index (χ3n) is 2.62. The summed E-state index contributed by atoms with van der Waals surface area (Å²) in [5, 5.41) is 12.4. The van der Waals surface area contributed by atoms with Gasteiger partial charge in [0.1, 0.15) is 6.07 Å². The van der Waals surface area contributed by atoms with Gasteiger partial charge in [-0.05, 0) is 31.9 Å². The van der Waals surface area contributed by atoms with Gasteiger partial charge < -0.3 is 5.32 Å². The van der Waals surface area contributed by atoms with Gasteiger partial charge in [-0.25, -0.2) is 0 Å². The molecule has 2 unspecified atom stereocenters. The predicted octanol–water partition coefficient (Wildman–Crippen LogP) is 2.44. The average Bonchev–Trinajstić information content (AvgIpc) is 2.29. The quantitative estimate of drug-likeness (QED) is 0.873. The van der Waals surface area contributed by atoms with E-state index in [1.165, 1.54) is 0 Å². The molecule has 0 spiro atoms. The maximum Gasteiger partial charge on any atom is 0.101 e. The summed E-state index contributed by atoms with van der Waals surface area (Å²) in [7, 11) is -0.762. The van der Waals surface area contributed by atoms with Crippen LogP contribution < -0.4 is 5.32 Å². The summed E-state index contributed by atoms with van der Waals surface area (Å²) >= 11 is 0. The number of anilines is 1. The van der Waals surface area contributed by atoms with Crippen molar-refractivity contribution in [3.8, 4) is 6.07 Å². The zero-order valence-electron chi connectivity index (χ0n) is 10.5. The van der Waals surface area contributed by atoms with Gasteiger partial charge in [-0.15, -0.1) is 0 Å². The van der Waals surface area contributed by atoms with E-state index in [0.717, 1.165) is 17.7 Å². The van der Waals surface area contributed by atoms with E-state index in [1.807, 2.05) is 26.0 Å². The maximum absolute atomic E-state index is 11.0. The summed E-state index contributed by atoms with van der Waals surface area (Å²) < 4.78 is 11.0. The van der Waals surface area contributed by atoms with E-state index < -0.39 is 10.8 Å².